The molecule has 3 rings (SSSR count). The summed E-state index contributed by atoms with van der Waals surface area (Å²) in [6.45, 7) is 2.32. The first-order valence-corrected chi connectivity index (χ1v) is 6.78. The summed E-state index contributed by atoms with van der Waals surface area (Å²) in [5, 5.41) is 17.3. The minimum Gasteiger partial charge on any atom is -0.390 e. The highest BCUT2D eigenvalue weighted by Crippen LogP contribution is 2.38. The van der Waals surface area contributed by atoms with Crippen LogP contribution in [-0.4, -0.2) is 34.6 Å². The number of anilines is 1. The zero-order valence-electron chi connectivity index (χ0n) is 11.3. The minimum atomic E-state index is -0.313. The Hall–Kier alpha value is -2.18. The number of hydrogen-bond donors (Lipinski definition) is 2. The lowest BCUT2D eigenvalue weighted by atomic mass is 10.2. The van der Waals surface area contributed by atoms with Crippen LogP contribution >= 0.6 is 0 Å². The molecular weight excluding hydrogens is 258 g/mol. The monoisotopic (exact) mass is 275 g/mol. The van der Waals surface area contributed by atoms with Crippen molar-refractivity contribution in [1.82, 2.24) is 15.5 Å². The molecule has 7 heteroatoms. The summed E-state index contributed by atoms with van der Waals surface area (Å²) >= 11 is 0. The van der Waals surface area contributed by atoms with E-state index in [0.717, 1.165) is 17.8 Å². The van der Waals surface area contributed by atoms with Crippen LogP contribution in [0.5, 0.6) is 0 Å². The molecule has 1 fully saturated rings. The summed E-state index contributed by atoms with van der Waals surface area (Å²) in [5.41, 5.74) is 1.95. The second-order valence-corrected chi connectivity index (χ2v) is 5.21. The van der Waals surface area contributed by atoms with Gasteiger partial charge >= 0.3 is 6.03 Å². The van der Waals surface area contributed by atoms with Crippen molar-refractivity contribution in [3.63, 3.8) is 0 Å². The maximum absolute atomic E-state index is 11.7. The van der Waals surface area contributed by atoms with E-state index in [1.807, 2.05) is 13.0 Å². The summed E-state index contributed by atoms with van der Waals surface area (Å²) in [5.74, 6) is 1.01. The van der Waals surface area contributed by atoms with E-state index in [1.165, 1.54) is 12.8 Å². The maximum atomic E-state index is 11.7. The molecule has 1 aromatic heterocycles. The van der Waals surface area contributed by atoms with Crippen LogP contribution in [0.15, 0.2) is 17.3 Å². The van der Waals surface area contributed by atoms with Crippen LogP contribution in [0.25, 0.3) is 0 Å². The van der Waals surface area contributed by atoms with Gasteiger partial charge in [-0.15, -0.1) is 5.10 Å². The molecule has 1 aliphatic heterocycles. The molecule has 0 radical (unpaired) electrons. The van der Waals surface area contributed by atoms with E-state index in [4.69, 9.17) is 4.84 Å². The molecule has 1 aromatic rings. The van der Waals surface area contributed by atoms with E-state index < -0.39 is 0 Å². The van der Waals surface area contributed by atoms with Crippen molar-refractivity contribution < 1.29 is 9.63 Å². The van der Waals surface area contributed by atoms with Crippen molar-refractivity contribution in [1.29, 1.82) is 0 Å². The van der Waals surface area contributed by atoms with Gasteiger partial charge in [-0.1, -0.05) is 5.16 Å². The molecule has 0 saturated heterocycles. The molecule has 2 amide bonds. The van der Waals surface area contributed by atoms with Crippen LogP contribution in [0.1, 0.15) is 37.8 Å². The zero-order valence-corrected chi connectivity index (χ0v) is 11.3. The van der Waals surface area contributed by atoms with Gasteiger partial charge in [0.05, 0.1) is 18.0 Å². The molecule has 1 atom stereocenters. The number of oxime groups is 1. The van der Waals surface area contributed by atoms with Gasteiger partial charge in [0.15, 0.2) is 5.82 Å². The number of hydrogen-bond acceptors (Lipinski definition) is 5. The number of aromatic nitrogens is 2. The molecule has 1 aliphatic carbocycles. The Labute approximate surface area is 116 Å². The van der Waals surface area contributed by atoms with Gasteiger partial charge in [-0.3, -0.25) is 5.32 Å². The molecule has 0 bridgehead atoms. The third-order valence-electron chi connectivity index (χ3n) is 3.29. The zero-order chi connectivity index (χ0) is 13.9. The Morgan fingerprint density at radius 3 is 2.85 bits per heavy atom. The van der Waals surface area contributed by atoms with Crippen LogP contribution in [0.3, 0.4) is 0 Å². The lowest BCUT2D eigenvalue weighted by molar-refractivity contribution is 0.0870. The quantitative estimate of drug-likeness (QED) is 0.874. The van der Waals surface area contributed by atoms with Gasteiger partial charge in [-0.05, 0) is 31.9 Å². The first-order valence-electron chi connectivity index (χ1n) is 6.78. The third kappa shape index (κ3) is 3.23. The molecule has 7 nitrogen and oxygen atoms in total. The Kier molecular flexibility index (Phi) is 3.49. The molecule has 2 heterocycles. The summed E-state index contributed by atoms with van der Waals surface area (Å²) < 4.78 is 0. The van der Waals surface area contributed by atoms with Crippen molar-refractivity contribution in [2.75, 3.05) is 11.9 Å². The fraction of sp³-hybridized carbons (Fsp3) is 0.538. The second kappa shape index (κ2) is 5.44. The van der Waals surface area contributed by atoms with E-state index in [1.54, 1.807) is 6.07 Å². The minimum absolute atomic E-state index is 0.0796. The number of amides is 2. The van der Waals surface area contributed by atoms with Crippen molar-refractivity contribution in [3.05, 3.63) is 17.8 Å². The largest absolute Gasteiger partial charge is 0.390 e. The van der Waals surface area contributed by atoms with E-state index in [0.29, 0.717) is 18.3 Å². The molecular formula is C13H17N5O2. The number of rotatable bonds is 4. The second-order valence-electron chi connectivity index (χ2n) is 5.21. The molecule has 2 N–H and O–H groups in total. The van der Waals surface area contributed by atoms with Gasteiger partial charge in [-0.25, -0.2) is 4.79 Å². The smallest absolute Gasteiger partial charge is 0.320 e. The van der Waals surface area contributed by atoms with Crippen LogP contribution in [0.2, 0.25) is 0 Å². The predicted molar refractivity (Wildman–Crippen MR) is 73.6 cm³/mol. The van der Waals surface area contributed by atoms with Crippen LogP contribution in [-0.2, 0) is 4.84 Å². The van der Waals surface area contributed by atoms with Crippen LogP contribution < -0.4 is 10.6 Å². The highest BCUT2D eigenvalue weighted by Gasteiger charge is 2.25. The molecule has 2 aliphatic rings. The number of nitrogens with one attached hydrogen (secondary N) is 2. The van der Waals surface area contributed by atoms with Crippen molar-refractivity contribution >= 4 is 17.6 Å². The SMILES string of the molecule is CC1=NOC(CNC(=O)Nc2ccc(C3CC3)nn2)C1. The van der Waals surface area contributed by atoms with Gasteiger partial charge in [0.1, 0.15) is 6.10 Å². The van der Waals surface area contributed by atoms with Gasteiger partial charge in [0.25, 0.3) is 0 Å². The summed E-state index contributed by atoms with van der Waals surface area (Å²) in [6, 6.07) is 3.38. The van der Waals surface area contributed by atoms with Gasteiger partial charge < -0.3 is 10.2 Å². The lowest BCUT2D eigenvalue weighted by Crippen LogP contribution is -2.35. The fourth-order valence-electron chi connectivity index (χ4n) is 2.05. The number of carbonyl (C=O) groups excluding carboxylic acids is 1. The number of carbonyl (C=O) groups is 1. The summed E-state index contributed by atoms with van der Waals surface area (Å²) in [4.78, 5) is 16.8. The van der Waals surface area contributed by atoms with E-state index in [9.17, 15) is 4.79 Å². The Balaban J connectivity index is 1.43. The lowest BCUT2D eigenvalue weighted by Gasteiger charge is -2.10. The van der Waals surface area contributed by atoms with Gasteiger partial charge in [-0.2, -0.15) is 5.10 Å². The van der Waals surface area contributed by atoms with Crippen LogP contribution in [0, 0.1) is 0 Å². The average molecular weight is 275 g/mol. The molecule has 20 heavy (non-hydrogen) atoms. The molecule has 0 aromatic carbocycles. The number of nitrogens with zero attached hydrogens (tertiary/aromatic N) is 3. The summed E-state index contributed by atoms with van der Waals surface area (Å²) in [7, 11) is 0. The Bertz CT molecular complexity index is 524. The third-order valence-corrected chi connectivity index (χ3v) is 3.29. The predicted octanol–water partition coefficient (Wildman–Crippen LogP) is 1.64. The fourth-order valence-corrected chi connectivity index (χ4v) is 2.05. The van der Waals surface area contributed by atoms with E-state index in [2.05, 4.69) is 26.0 Å². The summed E-state index contributed by atoms with van der Waals surface area (Å²) in [6.07, 6.45) is 3.04. The standard InChI is InChI=1S/C13H17N5O2/c1-8-6-10(20-18-8)7-14-13(19)15-12-5-4-11(16-17-12)9-2-3-9/h4-5,9-10H,2-3,6-7H2,1H3,(H2,14,15,17,19). The molecule has 0 spiro atoms. The first kappa shape index (κ1) is 12.8. The maximum Gasteiger partial charge on any atom is 0.320 e. The van der Waals surface area contributed by atoms with Crippen LogP contribution in [0.4, 0.5) is 10.6 Å². The van der Waals surface area contributed by atoms with Gasteiger partial charge in [0.2, 0.25) is 0 Å². The Morgan fingerprint density at radius 1 is 1.40 bits per heavy atom. The number of urea groups is 1. The van der Waals surface area contributed by atoms with Crippen molar-refractivity contribution in [3.8, 4) is 0 Å². The molecule has 1 unspecified atom stereocenters. The van der Waals surface area contributed by atoms with E-state index in [-0.39, 0.29) is 12.1 Å². The highest BCUT2D eigenvalue weighted by molar-refractivity contribution is 5.88. The molecule has 1 saturated carbocycles. The highest BCUT2D eigenvalue weighted by atomic mass is 16.6. The van der Waals surface area contributed by atoms with E-state index >= 15 is 0 Å². The normalized spacial score (nSPS) is 21.1. The first-order chi connectivity index (χ1) is 9.70. The molecule has 106 valence electrons. The topological polar surface area (TPSA) is 88.5 Å². The van der Waals surface area contributed by atoms with Gasteiger partial charge in [0, 0.05) is 12.3 Å². The van der Waals surface area contributed by atoms with Crippen molar-refractivity contribution in [2.45, 2.75) is 38.2 Å². The van der Waals surface area contributed by atoms with Crippen molar-refractivity contribution in [2.24, 2.45) is 5.16 Å². The average Bonchev–Trinajstić information content (AvgIpc) is 3.20. The Morgan fingerprint density at radius 2 is 2.25 bits per heavy atom.